The number of fused-ring (bicyclic) bond motifs is 2. The molecule has 6 fully saturated rings. The Morgan fingerprint density at radius 3 is 2.21 bits per heavy atom. The second-order valence-electron chi connectivity index (χ2n) is 12.8. The highest BCUT2D eigenvalue weighted by molar-refractivity contribution is 7.86. The van der Waals surface area contributed by atoms with Gasteiger partial charge in [-0.15, -0.1) is 0 Å². The number of nitrogens with zero attached hydrogens (tertiary/aromatic N) is 1. The summed E-state index contributed by atoms with van der Waals surface area (Å²) in [4.78, 5) is 2.34. The van der Waals surface area contributed by atoms with Gasteiger partial charge >= 0.3 is 0 Å². The molecule has 11 nitrogen and oxygen atoms in total. The quantitative estimate of drug-likeness (QED) is 0.321. The summed E-state index contributed by atoms with van der Waals surface area (Å²) in [6.45, 7) is 3.63. The molecule has 1 aliphatic heterocycles. The summed E-state index contributed by atoms with van der Waals surface area (Å²) < 4.78 is 54.9. The van der Waals surface area contributed by atoms with E-state index in [2.05, 4.69) is 11.8 Å². The lowest BCUT2D eigenvalue weighted by atomic mass is 9.42. The van der Waals surface area contributed by atoms with Crippen LogP contribution in [0.25, 0.3) is 0 Å². The highest BCUT2D eigenvalue weighted by Gasteiger charge is 2.89. The molecule has 1 saturated heterocycles. The number of hydrogen-bond donors (Lipinski definition) is 3. The van der Waals surface area contributed by atoms with Crippen molar-refractivity contribution in [3.63, 3.8) is 0 Å². The Morgan fingerprint density at radius 2 is 1.66 bits per heavy atom. The van der Waals surface area contributed by atoms with Crippen LogP contribution in [0.2, 0.25) is 0 Å². The van der Waals surface area contributed by atoms with Crippen LogP contribution in [0.4, 0.5) is 0 Å². The summed E-state index contributed by atoms with van der Waals surface area (Å²) in [6.07, 6.45) is -1.96. The number of aliphatic hydroxyl groups excluding tert-OH is 1. The maximum Gasteiger partial charge on any atom is 0.264 e. The zero-order chi connectivity index (χ0) is 27.6. The monoisotopic (exact) mass is 561 g/mol. The number of piperidine rings is 1. The molecular formula is C26H43NO10S. The van der Waals surface area contributed by atoms with E-state index in [4.69, 9.17) is 23.1 Å². The Balaban J connectivity index is 1.66. The van der Waals surface area contributed by atoms with Gasteiger partial charge in [0.05, 0.1) is 42.9 Å². The molecule has 0 radical (unpaired) electrons. The van der Waals surface area contributed by atoms with Crippen molar-refractivity contribution in [2.45, 2.75) is 73.9 Å². The summed E-state index contributed by atoms with van der Waals surface area (Å²) in [7, 11) is 2.43. The Morgan fingerprint density at radius 1 is 0.974 bits per heavy atom. The lowest BCUT2D eigenvalue weighted by molar-refractivity contribution is -0.296. The highest BCUT2D eigenvalue weighted by Crippen LogP contribution is 2.80. The first-order valence-corrected chi connectivity index (χ1v) is 15.5. The normalized spacial score (nSPS) is 56.9. The van der Waals surface area contributed by atoms with Gasteiger partial charge in [0.15, 0.2) is 0 Å². The predicted octanol–water partition coefficient (Wildman–Crippen LogP) is -0.774. The van der Waals surface area contributed by atoms with Crippen LogP contribution in [-0.4, -0.2) is 131 Å². The third-order valence-electron chi connectivity index (χ3n) is 11.8. The van der Waals surface area contributed by atoms with E-state index >= 15 is 0 Å². The van der Waals surface area contributed by atoms with Gasteiger partial charge in [0.25, 0.3) is 10.1 Å². The molecule has 0 amide bonds. The lowest BCUT2D eigenvalue weighted by Gasteiger charge is -2.70. The van der Waals surface area contributed by atoms with Gasteiger partial charge in [-0.3, -0.25) is 9.08 Å². The number of methoxy groups -OCH3 is 4. The second-order valence-corrected chi connectivity index (χ2v) is 14.4. The van der Waals surface area contributed by atoms with Crippen LogP contribution in [0, 0.1) is 34.5 Å². The van der Waals surface area contributed by atoms with E-state index in [-0.39, 0.29) is 30.7 Å². The summed E-state index contributed by atoms with van der Waals surface area (Å²) in [6, 6.07) is -0.173. The van der Waals surface area contributed by atoms with Gasteiger partial charge in [-0.1, -0.05) is 6.92 Å². The average molecular weight is 562 g/mol. The van der Waals surface area contributed by atoms with Gasteiger partial charge in [-0.25, -0.2) is 0 Å². The van der Waals surface area contributed by atoms with E-state index in [1.165, 1.54) is 7.11 Å². The van der Waals surface area contributed by atoms with Crippen molar-refractivity contribution < 1.29 is 46.9 Å². The second kappa shape index (κ2) is 8.56. The Labute approximate surface area is 224 Å². The van der Waals surface area contributed by atoms with E-state index in [1.807, 2.05) is 0 Å². The van der Waals surface area contributed by atoms with Crippen LogP contribution in [0.3, 0.4) is 0 Å². The highest BCUT2D eigenvalue weighted by atomic mass is 32.2. The zero-order valence-electron chi connectivity index (χ0n) is 23.1. The van der Waals surface area contributed by atoms with Crippen molar-refractivity contribution in [3.8, 4) is 0 Å². The molecule has 5 saturated carbocycles. The van der Waals surface area contributed by atoms with Crippen molar-refractivity contribution in [1.82, 2.24) is 4.90 Å². The minimum Gasteiger partial charge on any atom is -0.392 e. The molecule has 1 unspecified atom stereocenters. The fourth-order valence-corrected chi connectivity index (χ4v) is 11.9. The van der Waals surface area contributed by atoms with E-state index in [9.17, 15) is 23.7 Å². The van der Waals surface area contributed by atoms with Crippen molar-refractivity contribution >= 4 is 10.1 Å². The number of rotatable bonds is 8. The van der Waals surface area contributed by atoms with Crippen molar-refractivity contribution in [2.24, 2.45) is 34.5 Å². The molecule has 218 valence electrons. The molecule has 7 bridgehead atoms. The molecule has 5 aliphatic carbocycles. The first kappa shape index (κ1) is 27.7. The fraction of sp³-hybridized carbons (Fsp3) is 1.00. The largest absolute Gasteiger partial charge is 0.392 e. The topological polar surface area (TPSA) is 144 Å². The molecule has 0 aromatic rings. The average Bonchev–Trinajstić information content (AvgIpc) is 3.22. The number of aliphatic hydroxyl groups is 3. The molecular weight excluding hydrogens is 518 g/mol. The molecule has 1 heterocycles. The molecule has 3 N–H and O–H groups in total. The SMILES string of the molecule is CCN1C[C@]2(COC)C(O)C[C@H](OC)[C@@]34[C@@H]5C[C@@]6(O)[C@@H](OC)C[C@@](O)([C@H]5[C@H]6OS(C)(=O)=O)[C@@H]([C@H](OC)[C@H]23)[C@@H]14. The third kappa shape index (κ3) is 2.98. The lowest BCUT2D eigenvalue weighted by Crippen LogP contribution is -2.79. The zero-order valence-corrected chi connectivity index (χ0v) is 23.9. The van der Waals surface area contributed by atoms with E-state index in [0.29, 0.717) is 26.1 Å². The van der Waals surface area contributed by atoms with Gasteiger partial charge in [0, 0.05) is 82.5 Å². The minimum atomic E-state index is -3.98. The summed E-state index contributed by atoms with van der Waals surface area (Å²) in [5.41, 5.74) is -4.42. The van der Waals surface area contributed by atoms with Crippen LogP contribution < -0.4 is 0 Å². The van der Waals surface area contributed by atoms with Crippen LogP contribution in [0.5, 0.6) is 0 Å². The molecule has 0 aromatic heterocycles. The molecule has 12 heteroatoms. The molecule has 6 rings (SSSR count). The summed E-state index contributed by atoms with van der Waals surface area (Å²) >= 11 is 0. The Hall–Kier alpha value is -0.410. The van der Waals surface area contributed by atoms with Gasteiger partial charge in [-0.2, -0.15) is 8.42 Å². The number of ether oxygens (including phenoxy) is 4. The first-order chi connectivity index (χ1) is 17.8. The van der Waals surface area contributed by atoms with Gasteiger partial charge < -0.3 is 34.3 Å². The fourth-order valence-electron chi connectivity index (χ4n) is 11.2. The van der Waals surface area contributed by atoms with Crippen LogP contribution in [0.1, 0.15) is 26.2 Å². The molecule has 6 aliphatic rings. The molecule has 14 atom stereocenters. The number of likely N-dealkylation sites (tertiary alicyclic amines) is 1. The maximum absolute atomic E-state index is 12.9. The smallest absolute Gasteiger partial charge is 0.264 e. The van der Waals surface area contributed by atoms with E-state index in [1.54, 1.807) is 21.3 Å². The van der Waals surface area contributed by atoms with Gasteiger partial charge in [-0.05, 0) is 18.9 Å². The van der Waals surface area contributed by atoms with Crippen molar-refractivity contribution in [1.29, 1.82) is 0 Å². The van der Waals surface area contributed by atoms with Gasteiger partial charge in [0.2, 0.25) is 0 Å². The minimum absolute atomic E-state index is 0.129. The van der Waals surface area contributed by atoms with E-state index < -0.39 is 74.5 Å². The van der Waals surface area contributed by atoms with Crippen LogP contribution >= 0.6 is 0 Å². The van der Waals surface area contributed by atoms with Crippen LogP contribution in [-0.2, 0) is 33.2 Å². The van der Waals surface area contributed by atoms with Crippen LogP contribution in [0.15, 0.2) is 0 Å². The molecule has 1 spiro atoms. The molecule has 0 aromatic carbocycles. The van der Waals surface area contributed by atoms with Crippen molar-refractivity contribution in [2.75, 3.05) is 54.4 Å². The Bertz CT molecular complexity index is 1080. The third-order valence-corrected chi connectivity index (χ3v) is 12.4. The number of hydrogen-bond acceptors (Lipinski definition) is 11. The maximum atomic E-state index is 12.9. The van der Waals surface area contributed by atoms with Crippen molar-refractivity contribution in [3.05, 3.63) is 0 Å². The summed E-state index contributed by atoms with van der Waals surface area (Å²) in [5, 5.41) is 36.8. The standard InChI is InChI=1S/C26H43NO10S/c1-7-27-11-23(12-33-2)14(28)8-15(34-3)26-13-9-24(29)16(35-4)10-25(30,17(13)22(24)37-38(6,31)32)18(21(26)27)19(36-5)20(23)26/h13-22,28-30H,7-12H2,1-6H3/t13-,14?,15+,16+,17-,18+,19+,20-,21-,22-,23+,24-,25-,26+/m1/s1. The Kier molecular flexibility index (Phi) is 6.25. The predicted molar refractivity (Wildman–Crippen MR) is 134 cm³/mol. The van der Waals surface area contributed by atoms with Gasteiger partial charge in [0.1, 0.15) is 11.7 Å². The van der Waals surface area contributed by atoms with E-state index in [0.717, 1.165) is 6.26 Å². The first-order valence-electron chi connectivity index (χ1n) is 13.7. The molecule has 38 heavy (non-hydrogen) atoms. The summed E-state index contributed by atoms with van der Waals surface area (Å²) in [5.74, 6) is -1.78.